The summed E-state index contributed by atoms with van der Waals surface area (Å²) in [7, 11) is 0. The van der Waals surface area contributed by atoms with Gasteiger partial charge in [0.1, 0.15) is 0 Å². The molecule has 2 aromatic heterocycles. The molecule has 1 radical (unpaired) electrons. The fourth-order valence-electron chi connectivity index (χ4n) is 4.15. The van der Waals surface area contributed by atoms with Crippen molar-refractivity contribution in [2.45, 2.75) is 49.3 Å². The molecule has 8 heteroatoms. The van der Waals surface area contributed by atoms with E-state index in [4.69, 9.17) is 27.1 Å². The summed E-state index contributed by atoms with van der Waals surface area (Å²) in [5.74, 6) is 0.752. The number of nitrogens with one attached hydrogen (secondary N) is 1. The van der Waals surface area contributed by atoms with E-state index >= 15 is 0 Å². The van der Waals surface area contributed by atoms with Crippen molar-refractivity contribution in [2.75, 3.05) is 25.1 Å². The Morgan fingerprint density at radius 2 is 2.03 bits per heavy atom. The molecule has 1 saturated carbocycles. The van der Waals surface area contributed by atoms with Crippen LogP contribution in [-0.4, -0.2) is 51.5 Å². The molecule has 1 saturated heterocycles. The molecule has 31 heavy (non-hydrogen) atoms. The number of ether oxygens (including phenoxy) is 1. The van der Waals surface area contributed by atoms with Gasteiger partial charge in [0.05, 0.1) is 0 Å². The molecule has 0 aromatic carbocycles. The summed E-state index contributed by atoms with van der Waals surface area (Å²) >= 11 is 6.48. The SMILES string of the molecule is N#CC1(CNc2cccc(-c3cc([As]C4CCC(N)CC4)ncc3Cl)n2)CCOCC1. The Bertz CT molecular complexity index is 936. The normalized spacial score (nSPS) is 23.5. The van der Waals surface area contributed by atoms with Crippen LogP contribution in [0, 0.1) is 16.7 Å². The maximum atomic E-state index is 9.67. The van der Waals surface area contributed by atoms with E-state index in [1.54, 1.807) is 6.20 Å². The molecule has 3 N–H and O–H groups in total. The maximum absolute atomic E-state index is 9.67. The number of rotatable bonds is 6. The van der Waals surface area contributed by atoms with Gasteiger partial charge in [0.15, 0.2) is 0 Å². The molecule has 2 aromatic rings. The molecule has 2 fully saturated rings. The van der Waals surface area contributed by atoms with Crippen LogP contribution >= 0.6 is 11.6 Å². The van der Waals surface area contributed by atoms with Gasteiger partial charge >= 0.3 is 196 Å². The first kappa shape index (κ1) is 22.5. The third kappa shape index (κ3) is 5.79. The van der Waals surface area contributed by atoms with E-state index in [1.807, 2.05) is 18.2 Å². The predicted molar refractivity (Wildman–Crippen MR) is 125 cm³/mol. The van der Waals surface area contributed by atoms with Crippen molar-refractivity contribution >= 4 is 37.7 Å². The second kappa shape index (κ2) is 10.3. The van der Waals surface area contributed by atoms with E-state index in [0.29, 0.717) is 30.8 Å². The van der Waals surface area contributed by atoms with Gasteiger partial charge in [-0.3, -0.25) is 0 Å². The molecule has 0 amide bonds. The van der Waals surface area contributed by atoms with Gasteiger partial charge in [-0.15, -0.1) is 0 Å². The zero-order valence-corrected chi connectivity index (χ0v) is 20.2. The average Bonchev–Trinajstić information content (AvgIpc) is 2.81. The van der Waals surface area contributed by atoms with Crippen LogP contribution in [-0.2, 0) is 4.74 Å². The summed E-state index contributed by atoms with van der Waals surface area (Å²) in [6, 6.07) is 10.8. The number of halogens is 1. The van der Waals surface area contributed by atoms with Gasteiger partial charge in [-0.05, 0) is 0 Å². The third-order valence-corrected chi connectivity index (χ3v) is 9.44. The minimum atomic E-state index is -0.399. The van der Waals surface area contributed by atoms with Crippen LogP contribution in [0.25, 0.3) is 11.3 Å². The molecule has 0 atom stereocenters. The summed E-state index contributed by atoms with van der Waals surface area (Å²) in [5.41, 5.74) is 7.39. The first-order chi connectivity index (χ1) is 15.1. The van der Waals surface area contributed by atoms with Gasteiger partial charge < -0.3 is 0 Å². The second-order valence-electron chi connectivity index (χ2n) is 8.49. The number of nitrogens with zero attached hydrogens (tertiary/aromatic N) is 3. The molecule has 163 valence electrons. The third-order valence-electron chi connectivity index (χ3n) is 6.22. The molecule has 1 aliphatic carbocycles. The Labute approximate surface area is 195 Å². The van der Waals surface area contributed by atoms with Gasteiger partial charge in [0.2, 0.25) is 0 Å². The molecular formula is C23H28AsClN5O. The Kier molecular flexibility index (Phi) is 7.50. The molecule has 0 unspecified atom stereocenters. The van der Waals surface area contributed by atoms with Crippen molar-refractivity contribution in [3.05, 3.63) is 35.5 Å². The summed E-state index contributed by atoms with van der Waals surface area (Å²) < 4.78 is 7.28. The van der Waals surface area contributed by atoms with E-state index in [9.17, 15) is 5.26 Å². The van der Waals surface area contributed by atoms with E-state index < -0.39 is 5.41 Å². The second-order valence-corrected chi connectivity index (χ2v) is 11.9. The quantitative estimate of drug-likeness (QED) is 0.589. The van der Waals surface area contributed by atoms with Crippen LogP contribution in [0.1, 0.15) is 38.5 Å². The van der Waals surface area contributed by atoms with Gasteiger partial charge in [-0.25, -0.2) is 0 Å². The van der Waals surface area contributed by atoms with Crippen LogP contribution in [0.2, 0.25) is 9.73 Å². The van der Waals surface area contributed by atoms with Crippen molar-refractivity contribution < 1.29 is 4.74 Å². The zero-order chi connectivity index (χ0) is 21.7. The Hall–Kier alpha value is -1.64. The first-order valence-corrected chi connectivity index (χ1v) is 13.3. The number of pyridine rings is 2. The monoisotopic (exact) mass is 500 g/mol. The van der Waals surface area contributed by atoms with E-state index in [0.717, 1.165) is 51.9 Å². The van der Waals surface area contributed by atoms with E-state index in [2.05, 4.69) is 22.4 Å². The van der Waals surface area contributed by atoms with E-state index in [-0.39, 0.29) is 15.8 Å². The average molecular weight is 501 g/mol. The van der Waals surface area contributed by atoms with Crippen molar-refractivity contribution in [3.63, 3.8) is 0 Å². The predicted octanol–water partition coefficient (Wildman–Crippen LogP) is 3.55. The Morgan fingerprint density at radius 3 is 2.77 bits per heavy atom. The summed E-state index contributed by atoms with van der Waals surface area (Å²) in [6.07, 6.45) is 7.87. The van der Waals surface area contributed by atoms with Crippen LogP contribution in [0.5, 0.6) is 0 Å². The van der Waals surface area contributed by atoms with Crippen LogP contribution < -0.4 is 15.5 Å². The van der Waals surface area contributed by atoms with E-state index in [1.165, 1.54) is 12.8 Å². The number of nitrogens with two attached hydrogens (primary N) is 1. The van der Waals surface area contributed by atoms with Gasteiger partial charge in [0.25, 0.3) is 0 Å². The topological polar surface area (TPSA) is 96.9 Å². The molecule has 4 rings (SSSR count). The van der Waals surface area contributed by atoms with Gasteiger partial charge in [-0.1, -0.05) is 0 Å². The molecule has 1 aliphatic heterocycles. The molecule has 0 spiro atoms. The van der Waals surface area contributed by atoms with Crippen molar-refractivity contribution in [1.82, 2.24) is 9.97 Å². The fourth-order valence-corrected chi connectivity index (χ4v) is 6.99. The molecule has 0 bridgehead atoms. The van der Waals surface area contributed by atoms with Gasteiger partial charge in [0, 0.05) is 0 Å². The van der Waals surface area contributed by atoms with Crippen LogP contribution in [0.3, 0.4) is 0 Å². The zero-order valence-electron chi connectivity index (χ0n) is 17.6. The summed E-state index contributed by atoms with van der Waals surface area (Å²) in [6.45, 7) is 1.83. The molecule has 2 aliphatic rings. The number of nitriles is 1. The Balaban J connectivity index is 1.47. The number of aromatic nitrogens is 2. The van der Waals surface area contributed by atoms with Crippen LogP contribution in [0.15, 0.2) is 30.5 Å². The minimum absolute atomic E-state index is 0.0183. The summed E-state index contributed by atoms with van der Waals surface area (Å²) in [4.78, 5) is 9.39. The van der Waals surface area contributed by atoms with Crippen LogP contribution in [0.4, 0.5) is 5.82 Å². The Morgan fingerprint density at radius 1 is 1.26 bits per heavy atom. The molecular weight excluding hydrogens is 473 g/mol. The number of hydrogen-bond donors (Lipinski definition) is 2. The first-order valence-electron chi connectivity index (χ1n) is 10.9. The van der Waals surface area contributed by atoms with Crippen molar-refractivity contribution in [1.29, 1.82) is 5.26 Å². The van der Waals surface area contributed by atoms with Gasteiger partial charge in [-0.2, -0.15) is 0 Å². The standard InChI is InChI=1S/C23H28AsClN5O/c25-19-13-28-21(24-16-4-6-17(27)7-5-16)12-18(19)20-2-1-3-22(30-20)29-15-23(14-26)8-10-31-11-9-23/h1-3,12-13,16-17H,4-11,15,27H2,(H,29,30). The summed E-state index contributed by atoms with van der Waals surface area (Å²) in [5, 5.41) is 13.6. The number of hydrogen-bond acceptors (Lipinski definition) is 6. The van der Waals surface area contributed by atoms with Crippen molar-refractivity contribution in [3.8, 4) is 17.3 Å². The molecule has 6 nitrogen and oxygen atoms in total. The fraction of sp³-hybridized carbons (Fsp3) is 0.522. The molecule has 3 heterocycles. The number of anilines is 1. The van der Waals surface area contributed by atoms with Crippen molar-refractivity contribution in [2.24, 2.45) is 11.1 Å².